The van der Waals surface area contributed by atoms with Crippen LogP contribution in [0, 0.1) is 0 Å². The lowest BCUT2D eigenvalue weighted by atomic mass is 10.0. The number of alkyl halides is 3. The van der Waals surface area contributed by atoms with Crippen LogP contribution in [0.25, 0.3) is 10.9 Å². The summed E-state index contributed by atoms with van der Waals surface area (Å²) >= 11 is 0. The minimum Gasteiger partial charge on any atom is -0.506 e. The van der Waals surface area contributed by atoms with Crippen molar-refractivity contribution in [2.24, 2.45) is 0 Å². The number of halogens is 3. The lowest BCUT2D eigenvalue weighted by Crippen LogP contribution is -2.41. The predicted molar refractivity (Wildman–Crippen MR) is 194 cm³/mol. The molecule has 4 aromatic rings. The van der Waals surface area contributed by atoms with Crippen LogP contribution in [-0.4, -0.2) is 82.4 Å². The van der Waals surface area contributed by atoms with Crippen LogP contribution in [0.1, 0.15) is 64.9 Å². The summed E-state index contributed by atoms with van der Waals surface area (Å²) in [6.45, 7) is 4.06. The largest absolute Gasteiger partial charge is 0.506 e. The first-order chi connectivity index (χ1) is 25.7. The fourth-order valence-corrected chi connectivity index (χ4v) is 6.32. The SMILES string of the molecule is C[C@H](Cc1ccc(CNC(=O)c2cccc(CNC(=O)CCN3CCC(OC(=O)C(F)(F)F)CC3)c2)cc1)NC[C@H](O)c1ccc(O)c2[nH]c(=O)ccc12. The molecule has 0 aliphatic carbocycles. The van der Waals surface area contributed by atoms with E-state index in [4.69, 9.17) is 0 Å². The Hall–Kier alpha value is -5.25. The normalized spacial score (nSPS) is 15.1. The fourth-order valence-electron chi connectivity index (χ4n) is 6.32. The Morgan fingerprint density at radius 1 is 0.944 bits per heavy atom. The van der Waals surface area contributed by atoms with E-state index in [1.807, 2.05) is 36.1 Å². The number of aliphatic hydroxyl groups excluding tert-OH is 1. The third kappa shape index (κ3) is 11.4. The van der Waals surface area contributed by atoms with Gasteiger partial charge in [0.15, 0.2) is 0 Å². The van der Waals surface area contributed by atoms with Crippen molar-refractivity contribution in [3.63, 3.8) is 0 Å². The van der Waals surface area contributed by atoms with Crippen molar-refractivity contribution in [3.8, 4) is 5.75 Å². The monoisotopic (exact) mass is 751 g/mol. The average molecular weight is 752 g/mol. The number of nitrogens with one attached hydrogen (secondary N) is 4. The molecule has 1 saturated heterocycles. The van der Waals surface area contributed by atoms with Crippen molar-refractivity contribution in [3.05, 3.63) is 111 Å². The maximum atomic E-state index is 12.9. The third-order valence-corrected chi connectivity index (χ3v) is 9.32. The summed E-state index contributed by atoms with van der Waals surface area (Å²) < 4.78 is 41.8. The van der Waals surface area contributed by atoms with Crippen molar-refractivity contribution in [1.29, 1.82) is 0 Å². The first-order valence-corrected chi connectivity index (χ1v) is 17.7. The quantitative estimate of drug-likeness (QED) is 0.0983. The number of aliphatic hydroxyl groups is 1. The Balaban J connectivity index is 0.999. The number of hydrogen-bond acceptors (Lipinski definition) is 9. The van der Waals surface area contributed by atoms with Gasteiger partial charge in [0, 0.05) is 68.7 Å². The fraction of sp³-hybridized carbons (Fsp3) is 0.385. The van der Waals surface area contributed by atoms with Gasteiger partial charge in [-0.3, -0.25) is 14.4 Å². The zero-order valence-corrected chi connectivity index (χ0v) is 29.7. The van der Waals surface area contributed by atoms with Crippen LogP contribution in [0.15, 0.2) is 77.6 Å². The number of aromatic nitrogens is 1. The zero-order valence-electron chi connectivity index (χ0n) is 29.7. The van der Waals surface area contributed by atoms with E-state index in [9.17, 15) is 42.6 Å². The number of H-pyrrole nitrogens is 1. The highest BCUT2D eigenvalue weighted by Gasteiger charge is 2.42. The van der Waals surface area contributed by atoms with E-state index < -0.39 is 24.4 Å². The molecule has 0 unspecified atom stereocenters. The molecule has 6 N–H and O–H groups in total. The number of fused-ring (bicyclic) bond motifs is 1. The van der Waals surface area contributed by atoms with Crippen LogP contribution < -0.4 is 21.5 Å². The molecule has 15 heteroatoms. The number of aromatic hydroxyl groups is 1. The number of benzene rings is 3. The van der Waals surface area contributed by atoms with E-state index in [0.29, 0.717) is 49.1 Å². The molecule has 1 aromatic heterocycles. The number of pyridine rings is 1. The van der Waals surface area contributed by atoms with Crippen LogP contribution in [0.5, 0.6) is 5.75 Å². The first-order valence-electron chi connectivity index (χ1n) is 17.7. The Morgan fingerprint density at radius 3 is 2.37 bits per heavy atom. The highest BCUT2D eigenvalue weighted by atomic mass is 19.4. The van der Waals surface area contributed by atoms with Gasteiger partial charge in [-0.25, -0.2) is 4.79 Å². The van der Waals surface area contributed by atoms with Gasteiger partial charge in [-0.05, 0) is 72.7 Å². The van der Waals surface area contributed by atoms with E-state index in [0.717, 1.165) is 16.7 Å². The Kier molecular flexibility index (Phi) is 13.5. The summed E-state index contributed by atoms with van der Waals surface area (Å²) in [5.74, 6) is -2.71. The number of hydrogen-bond donors (Lipinski definition) is 6. The van der Waals surface area contributed by atoms with Gasteiger partial charge in [0.1, 0.15) is 11.9 Å². The number of phenols is 1. The number of carbonyl (C=O) groups is 3. The molecule has 12 nitrogen and oxygen atoms in total. The number of ether oxygens (including phenoxy) is 1. The van der Waals surface area contributed by atoms with Gasteiger partial charge >= 0.3 is 12.1 Å². The number of carbonyl (C=O) groups excluding carboxylic acids is 3. The maximum absolute atomic E-state index is 12.9. The third-order valence-electron chi connectivity index (χ3n) is 9.32. The summed E-state index contributed by atoms with van der Waals surface area (Å²) in [7, 11) is 0. The summed E-state index contributed by atoms with van der Waals surface area (Å²) in [6.07, 6.45) is -5.25. The molecule has 3 aromatic carbocycles. The molecule has 2 heterocycles. The molecule has 0 spiro atoms. The standard InChI is InChI=1S/C39H44F3N5O7/c1-24(43-23-33(49)30-9-11-32(48)36-31(30)10-12-35(51)46-36)19-25-5-7-26(8-6-25)21-45-37(52)28-4-2-3-27(20-28)22-44-34(50)15-18-47-16-13-29(14-17-47)54-38(53)39(40,41)42/h2-12,20,24,29,33,43,48-49H,13-19,21-23H2,1H3,(H,44,50)(H,45,52)(H,46,51)/t24-,33+/m1/s1. The second-order valence-electron chi connectivity index (χ2n) is 13.5. The summed E-state index contributed by atoms with van der Waals surface area (Å²) in [5, 5.41) is 30.6. The van der Waals surface area contributed by atoms with Crippen molar-refractivity contribution in [1.82, 2.24) is 25.8 Å². The molecule has 288 valence electrons. The van der Waals surface area contributed by atoms with E-state index >= 15 is 0 Å². The number of amides is 2. The number of rotatable bonds is 15. The number of esters is 1. The predicted octanol–water partition coefficient (Wildman–Crippen LogP) is 3.99. The number of piperidine rings is 1. The lowest BCUT2D eigenvalue weighted by molar-refractivity contribution is -0.206. The summed E-state index contributed by atoms with van der Waals surface area (Å²) in [6, 6.07) is 20.9. The molecule has 1 aliphatic rings. The van der Waals surface area contributed by atoms with Crippen LogP contribution in [0.3, 0.4) is 0 Å². The van der Waals surface area contributed by atoms with Crippen LogP contribution in [0.2, 0.25) is 0 Å². The Morgan fingerprint density at radius 2 is 1.65 bits per heavy atom. The van der Waals surface area contributed by atoms with Crippen molar-refractivity contribution >= 4 is 28.7 Å². The minimum absolute atomic E-state index is 0.0278. The number of phenolic OH excluding ortho intramolecular Hbond substituents is 1. The molecule has 0 saturated carbocycles. The van der Waals surface area contributed by atoms with Gasteiger partial charge in [-0.1, -0.05) is 42.5 Å². The average Bonchev–Trinajstić information content (AvgIpc) is 3.15. The van der Waals surface area contributed by atoms with E-state index in [1.165, 1.54) is 12.1 Å². The topological polar surface area (TPSA) is 173 Å². The van der Waals surface area contributed by atoms with Crippen molar-refractivity contribution in [2.45, 2.75) is 70.1 Å². The Labute approximate surface area is 309 Å². The molecular weight excluding hydrogens is 707 g/mol. The molecule has 54 heavy (non-hydrogen) atoms. The minimum atomic E-state index is -5.01. The van der Waals surface area contributed by atoms with Crippen LogP contribution in [-0.2, 0) is 33.8 Å². The highest BCUT2D eigenvalue weighted by Crippen LogP contribution is 2.28. The van der Waals surface area contributed by atoms with E-state index in [2.05, 4.69) is 25.7 Å². The second-order valence-corrected chi connectivity index (χ2v) is 13.5. The number of aromatic amines is 1. The summed E-state index contributed by atoms with van der Waals surface area (Å²) in [5.41, 5.74) is 3.71. The lowest BCUT2D eigenvalue weighted by Gasteiger charge is -2.31. The van der Waals surface area contributed by atoms with Gasteiger partial charge in [0.05, 0.1) is 11.6 Å². The van der Waals surface area contributed by atoms with Crippen molar-refractivity contribution in [2.75, 3.05) is 26.2 Å². The van der Waals surface area contributed by atoms with Gasteiger partial charge in [0.25, 0.3) is 5.91 Å². The van der Waals surface area contributed by atoms with Crippen molar-refractivity contribution < 1.29 is 42.5 Å². The molecule has 1 aliphatic heterocycles. The van der Waals surface area contributed by atoms with Gasteiger partial charge in [0.2, 0.25) is 11.5 Å². The maximum Gasteiger partial charge on any atom is 0.490 e. The van der Waals surface area contributed by atoms with Gasteiger partial charge in [-0.15, -0.1) is 0 Å². The van der Waals surface area contributed by atoms with Crippen LogP contribution in [0.4, 0.5) is 13.2 Å². The smallest absolute Gasteiger partial charge is 0.490 e. The molecule has 0 radical (unpaired) electrons. The van der Waals surface area contributed by atoms with Gasteiger partial charge < -0.3 is 40.8 Å². The van der Waals surface area contributed by atoms with Gasteiger partial charge in [-0.2, -0.15) is 13.2 Å². The summed E-state index contributed by atoms with van der Waals surface area (Å²) in [4.78, 5) is 52.7. The van der Waals surface area contributed by atoms with E-state index in [-0.39, 0.29) is 67.0 Å². The number of nitrogens with zero attached hydrogens (tertiary/aromatic N) is 1. The molecule has 5 rings (SSSR count). The van der Waals surface area contributed by atoms with E-state index in [1.54, 1.807) is 36.4 Å². The molecule has 0 bridgehead atoms. The second kappa shape index (κ2) is 18.2. The number of likely N-dealkylation sites (tertiary alicyclic amines) is 1. The zero-order chi connectivity index (χ0) is 38.8. The molecule has 2 atom stereocenters. The molecule has 2 amide bonds. The Bertz CT molecular complexity index is 1980. The van der Waals surface area contributed by atoms with Crippen LogP contribution >= 0.6 is 0 Å². The highest BCUT2D eigenvalue weighted by molar-refractivity contribution is 5.94. The first kappa shape index (κ1) is 39.9. The molecule has 1 fully saturated rings. The molecular formula is C39H44F3N5O7.